The molecule has 0 saturated heterocycles. The second kappa shape index (κ2) is 4.19. The molecule has 2 rings (SSSR count). The summed E-state index contributed by atoms with van der Waals surface area (Å²) in [5.74, 6) is 0. The Morgan fingerprint density at radius 3 is 2.73 bits per heavy atom. The summed E-state index contributed by atoms with van der Waals surface area (Å²) in [6, 6.07) is 0. The van der Waals surface area contributed by atoms with Crippen molar-refractivity contribution in [2.45, 2.75) is 26.8 Å². The van der Waals surface area contributed by atoms with Crippen LogP contribution in [0.15, 0.2) is 23.5 Å². The molecule has 1 aromatic rings. The van der Waals surface area contributed by atoms with Gasteiger partial charge in [0.2, 0.25) is 0 Å². The van der Waals surface area contributed by atoms with E-state index in [0.717, 1.165) is 13.1 Å². The Kier molecular flexibility index (Phi) is 2.91. The van der Waals surface area contributed by atoms with E-state index in [4.69, 9.17) is 0 Å². The summed E-state index contributed by atoms with van der Waals surface area (Å²) in [4.78, 5) is 2.49. The minimum Gasteiger partial charge on any atom is -0.295 e. The van der Waals surface area contributed by atoms with Crippen molar-refractivity contribution in [2.75, 3.05) is 13.1 Å². The van der Waals surface area contributed by atoms with Gasteiger partial charge < -0.3 is 0 Å². The van der Waals surface area contributed by atoms with Crippen molar-refractivity contribution in [1.29, 1.82) is 0 Å². The van der Waals surface area contributed by atoms with Gasteiger partial charge in [-0.3, -0.25) is 9.58 Å². The molecule has 0 atom stereocenters. The zero-order valence-electron chi connectivity index (χ0n) is 9.82. The lowest BCUT2D eigenvalue weighted by molar-refractivity contribution is 0.277. The summed E-state index contributed by atoms with van der Waals surface area (Å²) in [5.41, 5.74) is 4.41. The molecule has 1 aliphatic heterocycles. The lowest BCUT2D eigenvalue weighted by Crippen LogP contribution is -2.30. The molecule has 0 aromatic carbocycles. The smallest absolute Gasteiger partial charge is 0.0534 e. The van der Waals surface area contributed by atoms with Crippen molar-refractivity contribution < 1.29 is 0 Å². The van der Waals surface area contributed by atoms with Crippen molar-refractivity contribution >= 4 is 0 Å². The van der Waals surface area contributed by atoms with Crippen LogP contribution in [-0.4, -0.2) is 27.8 Å². The average Bonchev–Trinajstić information content (AvgIpc) is 2.58. The van der Waals surface area contributed by atoms with Crippen LogP contribution in [-0.2, 0) is 13.6 Å². The zero-order valence-corrected chi connectivity index (χ0v) is 9.82. The molecule has 3 nitrogen and oxygen atoms in total. The molecule has 0 fully saturated rings. The Morgan fingerprint density at radius 1 is 1.33 bits per heavy atom. The Morgan fingerprint density at radius 2 is 2.13 bits per heavy atom. The number of hydrogen-bond acceptors (Lipinski definition) is 2. The molecule has 0 N–H and O–H groups in total. The number of nitrogens with zero attached hydrogens (tertiary/aromatic N) is 3. The number of aromatic nitrogens is 2. The van der Waals surface area contributed by atoms with E-state index in [9.17, 15) is 0 Å². The molecular weight excluding hydrogens is 186 g/mol. The largest absolute Gasteiger partial charge is 0.295 e. The molecule has 1 aliphatic rings. The summed E-state index contributed by atoms with van der Waals surface area (Å²) in [5, 5.41) is 4.19. The molecule has 0 radical (unpaired) electrons. The van der Waals surface area contributed by atoms with Gasteiger partial charge in [-0.2, -0.15) is 5.10 Å². The quantitative estimate of drug-likeness (QED) is 0.688. The summed E-state index contributed by atoms with van der Waals surface area (Å²) < 4.78 is 1.87. The first-order valence-corrected chi connectivity index (χ1v) is 5.50. The molecule has 15 heavy (non-hydrogen) atoms. The third kappa shape index (κ3) is 2.48. The van der Waals surface area contributed by atoms with Gasteiger partial charge >= 0.3 is 0 Å². The van der Waals surface area contributed by atoms with Gasteiger partial charge in [0.25, 0.3) is 0 Å². The van der Waals surface area contributed by atoms with Gasteiger partial charge in [0.15, 0.2) is 0 Å². The van der Waals surface area contributed by atoms with Gasteiger partial charge in [-0.15, -0.1) is 0 Å². The molecule has 0 unspecified atom stereocenters. The minimum atomic E-state index is 1.03. The molecule has 1 aromatic heterocycles. The molecule has 0 spiro atoms. The first-order valence-electron chi connectivity index (χ1n) is 5.50. The predicted octanol–water partition coefficient (Wildman–Crippen LogP) is 1.96. The number of rotatable bonds is 2. The van der Waals surface area contributed by atoms with E-state index in [2.05, 4.69) is 30.0 Å². The fraction of sp³-hybridized carbons (Fsp3) is 0.583. The Labute approximate surface area is 91.4 Å². The third-order valence-electron chi connectivity index (χ3n) is 3.16. The van der Waals surface area contributed by atoms with E-state index in [1.54, 1.807) is 5.57 Å². The normalized spacial score (nSPS) is 18.6. The van der Waals surface area contributed by atoms with Crippen molar-refractivity contribution in [3.8, 4) is 0 Å². The standard InChI is InChI=1S/C12H19N3/c1-10-4-5-15(7-11(10)2)9-12-6-13-14(3)8-12/h6,8H,4-5,7,9H2,1-3H3. The summed E-state index contributed by atoms with van der Waals surface area (Å²) in [7, 11) is 1.97. The van der Waals surface area contributed by atoms with E-state index >= 15 is 0 Å². The summed E-state index contributed by atoms with van der Waals surface area (Å²) >= 11 is 0. The number of aryl methyl sites for hydroxylation is 1. The highest BCUT2D eigenvalue weighted by Crippen LogP contribution is 2.18. The molecule has 3 heteroatoms. The minimum absolute atomic E-state index is 1.03. The molecular formula is C12H19N3. The van der Waals surface area contributed by atoms with Gasteiger partial charge in [-0.1, -0.05) is 11.1 Å². The zero-order chi connectivity index (χ0) is 10.8. The average molecular weight is 205 g/mol. The van der Waals surface area contributed by atoms with Crippen LogP contribution in [0.25, 0.3) is 0 Å². The van der Waals surface area contributed by atoms with Crippen LogP contribution < -0.4 is 0 Å². The first-order chi connectivity index (χ1) is 7.15. The Balaban J connectivity index is 1.97. The fourth-order valence-corrected chi connectivity index (χ4v) is 2.04. The Hall–Kier alpha value is -1.09. The van der Waals surface area contributed by atoms with Crippen molar-refractivity contribution in [1.82, 2.24) is 14.7 Å². The molecule has 0 amide bonds. The fourth-order valence-electron chi connectivity index (χ4n) is 2.04. The van der Waals surface area contributed by atoms with Gasteiger partial charge in [-0.05, 0) is 20.3 Å². The van der Waals surface area contributed by atoms with Crippen LogP contribution in [0.5, 0.6) is 0 Å². The maximum Gasteiger partial charge on any atom is 0.0534 e. The van der Waals surface area contributed by atoms with Crippen molar-refractivity contribution in [3.63, 3.8) is 0 Å². The first kappa shape index (κ1) is 10.4. The number of hydrogen-bond donors (Lipinski definition) is 0. The van der Waals surface area contributed by atoms with Crippen molar-refractivity contribution in [3.05, 3.63) is 29.1 Å². The molecule has 0 saturated carbocycles. The second-order valence-electron chi connectivity index (χ2n) is 4.54. The third-order valence-corrected chi connectivity index (χ3v) is 3.16. The highest BCUT2D eigenvalue weighted by Gasteiger charge is 2.14. The molecule has 82 valence electrons. The van der Waals surface area contributed by atoms with Crippen LogP contribution in [0.3, 0.4) is 0 Å². The van der Waals surface area contributed by atoms with Crippen LogP contribution in [0, 0.1) is 0 Å². The van der Waals surface area contributed by atoms with Gasteiger partial charge in [0.1, 0.15) is 0 Å². The summed E-state index contributed by atoms with van der Waals surface area (Å²) in [6.45, 7) is 7.80. The van der Waals surface area contributed by atoms with Crippen LogP contribution in [0.4, 0.5) is 0 Å². The monoisotopic (exact) mass is 205 g/mol. The molecule has 0 bridgehead atoms. The lowest BCUT2D eigenvalue weighted by Gasteiger charge is -2.28. The highest BCUT2D eigenvalue weighted by atomic mass is 15.2. The SMILES string of the molecule is CC1=C(C)CN(Cc2cnn(C)c2)CC1. The van der Waals surface area contributed by atoms with Crippen molar-refractivity contribution in [2.24, 2.45) is 7.05 Å². The van der Waals surface area contributed by atoms with E-state index in [1.807, 2.05) is 17.9 Å². The maximum absolute atomic E-state index is 4.19. The van der Waals surface area contributed by atoms with E-state index in [0.29, 0.717) is 0 Å². The highest BCUT2D eigenvalue weighted by molar-refractivity contribution is 5.15. The van der Waals surface area contributed by atoms with E-state index in [-0.39, 0.29) is 0 Å². The topological polar surface area (TPSA) is 21.1 Å². The molecule has 2 heterocycles. The maximum atomic E-state index is 4.19. The van der Waals surface area contributed by atoms with Gasteiger partial charge in [0.05, 0.1) is 6.20 Å². The second-order valence-corrected chi connectivity index (χ2v) is 4.54. The summed E-state index contributed by atoms with van der Waals surface area (Å²) in [6.07, 6.45) is 5.27. The van der Waals surface area contributed by atoms with E-state index in [1.165, 1.54) is 24.1 Å². The van der Waals surface area contributed by atoms with Gasteiger partial charge in [-0.25, -0.2) is 0 Å². The predicted molar refractivity (Wildman–Crippen MR) is 61.5 cm³/mol. The lowest BCUT2D eigenvalue weighted by atomic mass is 10.0. The van der Waals surface area contributed by atoms with Crippen LogP contribution in [0.1, 0.15) is 25.8 Å². The Bertz CT molecular complexity index is 376. The van der Waals surface area contributed by atoms with Gasteiger partial charge in [0, 0.05) is 38.4 Å². The van der Waals surface area contributed by atoms with Crippen LogP contribution in [0.2, 0.25) is 0 Å². The van der Waals surface area contributed by atoms with E-state index < -0.39 is 0 Å². The van der Waals surface area contributed by atoms with Crippen LogP contribution >= 0.6 is 0 Å². The molecule has 0 aliphatic carbocycles.